The molecule has 4 nitrogen and oxygen atoms in total. The Balaban J connectivity index is 1.98. The number of thioether (sulfide) groups is 1. The van der Waals surface area contributed by atoms with Crippen LogP contribution in [0.25, 0.3) is 0 Å². The fourth-order valence-corrected chi connectivity index (χ4v) is 2.38. The van der Waals surface area contributed by atoms with Gasteiger partial charge in [0.05, 0.1) is 5.75 Å². The van der Waals surface area contributed by atoms with E-state index in [-0.39, 0.29) is 11.6 Å². The summed E-state index contributed by atoms with van der Waals surface area (Å²) in [7, 11) is 0. The van der Waals surface area contributed by atoms with E-state index < -0.39 is 5.97 Å². The number of rotatable bonds is 6. The van der Waals surface area contributed by atoms with Crippen molar-refractivity contribution in [3.8, 4) is 0 Å². The van der Waals surface area contributed by atoms with Crippen molar-refractivity contribution < 1.29 is 14.3 Å². The molecular formula is C13H13FN2O2S. The van der Waals surface area contributed by atoms with Crippen LogP contribution in [0.3, 0.4) is 0 Å². The highest BCUT2D eigenvalue weighted by atomic mass is 32.2. The van der Waals surface area contributed by atoms with Crippen molar-refractivity contribution in [2.45, 2.75) is 18.1 Å². The number of hydrogen-bond acceptors (Lipinski definition) is 3. The minimum absolute atomic E-state index is 0.0310. The van der Waals surface area contributed by atoms with E-state index >= 15 is 0 Å². The van der Waals surface area contributed by atoms with Crippen molar-refractivity contribution in [3.63, 3.8) is 0 Å². The van der Waals surface area contributed by atoms with E-state index in [0.29, 0.717) is 23.7 Å². The molecule has 0 saturated carbocycles. The molecular weight excluding hydrogens is 267 g/mol. The normalized spacial score (nSPS) is 10.6. The second-order valence-electron chi connectivity index (χ2n) is 3.93. The Kier molecular flexibility index (Phi) is 4.57. The first-order chi connectivity index (χ1) is 9.16. The molecule has 0 aliphatic carbocycles. The molecule has 0 atom stereocenters. The van der Waals surface area contributed by atoms with Crippen molar-refractivity contribution in [2.75, 3.05) is 5.75 Å². The predicted octanol–water partition coefficient (Wildman–Crippen LogP) is 2.44. The van der Waals surface area contributed by atoms with Gasteiger partial charge in [0.2, 0.25) is 0 Å². The predicted molar refractivity (Wildman–Crippen MR) is 70.7 cm³/mol. The molecule has 0 amide bonds. The Hall–Kier alpha value is -1.82. The molecule has 0 fully saturated rings. The molecule has 0 aliphatic heterocycles. The van der Waals surface area contributed by atoms with Gasteiger partial charge in [-0.1, -0.05) is 30.0 Å². The fourth-order valence-electron chi connectivity index (χ4n) is 1.67. The van der Waals surface area contributed by atoms with E-state index in [2.05, 4.69) is 4.98 Å². The molecule has 100 valence electrons. The van der Waals surface area contributed by atoms with Gasteiger partial charge in [-0.3, -0.25) is 4.79 Å². The Labute approximate surface area is 114 Å². The van der Waals surface area contributed by atoms with Crippen LogP contribution < -0.4 is 0 Å². The molecule has 1 N–H and O–H groups in total. The number of aliphatic carboxylic acids is 1. The first-order valence-electron chi connectivity index (χ1n) is 5.76. The van der Waals surface area contributed by atoms with Crippen LogP contribution in [0.15, 0.2) is 41.8 Å². The van der Waals surface area contributed by atoms with Gasteiger partial charge in [0.25, 0.3) is 0 Å². The van der Waals surface area contributed by atoms with Gasteiger partial charge in [-0.2, -0.15) is 0 Å². The molecule has 0 bridgehead atoms. The first-order valence-corrected chi connectivity index (χ1v) is 6.74. The van der Waals surface area contributed by atoms with Crippen LogP contribution >= 0.6 is 11.8 Å². The topological polar surface area (TPSA) is 55.1 Å². The Morgan fingerprint density at radius 3 is 2.95 bits per heavy atom. The van der Waals surface area contributed by atoms with Gasteiger partial charge < -0.3 is 9.67 Å². The van der Waals surface area contributed by atoms with E-state index in [1.165, 1.54) is 6.07 Å². The maximum atomic E-state index is 13.5. The van der Waals surface area contributed by atoms with Gasteiger partial charge in [0.1, 0.15) is 5.82 Å². The summed E-state index contributed by atoms with van der Waals surface area (Å²) in [5.74, 6) is -1.13. The highest BCUT2D eigenvalue weighted by Gasteiger charge is 2.07. The van der Waals surface area contributed by atoms with E-state index in [1.807, 2.05) is 4.57 Å². The quantitative estimate of drug-likeness (QED) is 0.826. The minimum atomic E-state index is -0.881. The lowest BCUT2D eigenvalue weighted by molar-refractivity contribution is -0.133. The molecule has 6 heteroatoms. The molecule has 0 saturated heterocycles. The van der Waals surface area contributed by atoms with Crippen LogP contribution in [-0.4, -0.2) is 26.4 Å². The molecule has 0 unspecified atom stereocenters. The number of carboxylic acids is 1. The zero-order valence-electron chi connectivity index (χ0n) is 10.1. The lowest BCUT2D eigenvalue weighted by Gasteiger charge is -2.07. The molecule has 2 rings (SSSR count). The number of nitrogens with zero attached hydrogens (tertiary/aromatic N) is 2. The Morgan fingerprint density at radius 1 is 1.42 bits per heavy atom. The number of carbonyl (C=O) groups is 1. The number of halogens is 1. The van der Waals surface area contributed by atoms with Crippen LogP contribution in [0.5, 0.6) is 0 Å². The number of benzene rings is 1. The molecule has 1 aromatic heterocycles. The second-order valence-corrected chi connectivity index (χ2v) is 4.87. The number of imidazole rings is 1. The van der Waals surface area contributed by atoms with Crippen molar-refractivity contribution in [1.29, 1.82) is 0 Å². The van der Waals surface area contributed by atoms with Crippen LogP contribution in [0.1, 0.15) is 5.56 Å². The van der Waals surface area contributed by atoms with E-state index in [0.717, 1.165) is 11.8 Å². The molecule has 0 aliphatic rings. The average molecular weight is 280 g/mol. The highest BCUT2D eigenvalue weighted by Crippen LogP contribution is 2.16. The number of aromatic nitrogens is 2. The number of carboxylic acid groups (broad SMARTS) is 1. The number of aryl methyl sites for hydroxylation is 2. The third kappa shape index (κ3) is 3.82. The van der Waals surface area contributed by atoms with Gasteiger partial charge in [-0.05, 0) is 18.1 Å². The smallest absolute Gasteiger partial charge is 0.313 e. The summed E-state index contributed by atoms with van der Waals surface area (Å²) >= 11 is 1.16. The van der Waals surface area contributed by atoms with Crippen molar-refractivity contribution in [2.24, 2.45) is 0 Å². The summed E-state index contributed by atoms with van der Waals surface area (Å²) in [6, 6.07) is 6.64. The van der Waals surface area contributed by atoms with E-state index in [1.54, 1.807) is 30.6 Å². The zero-order chi connectivity index (χ0) is 13.7. The van der Waals surface area contributed by atoms with Gasteiger partial charge >= 0.3 is 5.97 Å². The van der Waals surface area contributed by atoms with Gasteiger partial charge in [0, 0.05) is 18.9 Å². The van der Waals surface area contributed by atoms with Crippen molar-refractivity contribution in [3.05, 3.63) is 48.0 Å². The van der Waals surface area contributed by atoms with Crippen LogP contribution in [0.2, 0.25) is 0 Å². The van der Waals surface area contributed by atoms with Crippen LogP contribution in [0, 0.1) is 5.82 Å². The van der Waals surface area contributed by atoms with Crippen molar-refractivity contribution in [1.82, 2.24) is 9.55 Å². The summed E-state index contributed by atoms with van der Waals surface area (Å²) in [5.41, 5.74) is 0.644. The van der Waals surface area contributed by atoms with Gasteiger partial charge in [0.15, 0.2) is 5.16 Å². The maximum absolute atomic E-state index is 13.5. The van der Waals surface area contributed by atoms with E-state index in [9.17, 15) is 9.18 Å². The number of hydrogen-bond donors (Lipinski definition) is 1. The molecule has 0 radical (unpaired) electrons. The lowest BCUT2D eigenvalue weighted by atomic mass is 10.1. The van der Waals surface area contributed by atoms with Crippen LogP contribution in [0.4, 0.5) is 4.39 Å². The lowest BCUT2D eigenvalue weighted by Crippen LogP contribution is -2.05. The Bertz CT molecular complexity index is 571. The summed E-state index contributed by atoms with van der Waals surface area (Å²) in [5, 5.41) is 9.28. The standard InChI is InChI=1S/C13H13FN2O2S/c14-11-4-2-1-3-10(11)5-7-16-8-6-15-13(16)19-9-12(17)18/h1-4,6,8H,5,7,9H2,(H,17,18). The summed E-state index contributed by atoms with van der Waals surface area (Å²) in [6.45, 7) is 0.572. The molecule has 1 aromatic carbocycles. The summed E-state index contributed by atoms with van der Waals surface area (Å²) in [6.07, 6.45) is 3.93. The zero-order valence-corrected chi connectivity index (χ0v) is 10.9. The first kappa shape index (κ1) is 13.6. The van der Waals surface area contributed by atoms with E-state index in [4.69, 9.17) is 5.11 Å². The molecule has 0 spiro atoms. The maximum Gasteiger partial charge on any atom is 0.313 e. The monoisotopic (exact) mass is 280 g/mol. The second kappa shape index (κ2) is 6.38. The third-order valence-corrected chi connectivity index (χ3v) is 3.57. The van der Waals surface area contributed by atoms with Crippen LogP contribution in [-0.2, 0) is 17.8 Å². The van der Waals surface area contributed by atoms with Crippen molar-refractivity contribution >= 4 is 17.7 Å². The summed E-state index contributed by atoms with van der Waals surface area (Å²) < 4.78 is 15.3. The largest absolute Gasteiger partial charge is 0.481 e. The third-order valence-electron chi connectivity index (χ3n) is 2.58. The minimum Gasteiger partial charge on any atom is -0.481 e. The average Bonchev–Trinajstić information content (AvgIpc) is 2.83. The SMILES string of the molecule is O=C(O)CSc1nccn1CCc1ccccc1F. The Morgan fingerprint density at radius 2 is 2.21 bits per heavy atom. The fraction of sp³-hybridized carbons (Fsp3) is 0.231. The molecule has 2 aromatic rings. The van der Waals surface area contributed by atoms with Gasteiger partial charge in [-0.15, -0.1) is 0 Å². The van der Waals surface area contributed by atoms with Gasteiger partial charge in [-0.25, -0.2) is 9.37 Å². The summed E-state index contributed by atoms with van der Waals surface area (Å²) in [4.78, 5) is 14.6. The molecule has 1 heterocycles. The highest BCUT2D eigenvalue weighted by molar-refractivity contribution is 7.99. The molecule has 19 heavy (non-hydrogen) atoms.